The number of aryl methyl sites for hydroxylation is 2. The fourth-order valence-electron chi connectivity index (χ4n) is 0.817. The Morgan fingerprint density at radius 3 is 2.70 bits per heavy atom. The maximum Gasteiger partial charge on any atom is 1.00 e. The molecule has 0 aliphatic carbocycles. The minimum Gasteiger partial charge on any atom is -0.340 e. The van der Waals surface area contributed by atoms with Crippen molar-refractivity contribution in [1.82, 2.24) is 4.57 Å². The van der Waals surface area contributed by atoms with Crippen LogP contribution in [-0.2, 0) is 13.6 Å². The van der Waals surface area contributed by atoms with Crippen LogP contribution in [0.2, 0.25) is 0 Å². The molecular weight excluding hydrogens is 135 g/mol. The molecule has 1 aromatic rings. The maximum atomic E-state index is 3.76. The third kappa shape index (κ3) is 2.86. The Kier molecular flexibility index (Phi) is 5.04. The first-order valence-corrected chi connectivity index (χ1v) is 3.13. The van der Waals surface area contributed by atoms with Gasteiger partial charge in [-0.15, -0.1) is 6.42 Å². The number of hydrogen-bond donors (Lipinski definition) is 0. The van der Waals surface area contributed by atoms with Crippen molar-refractivity contribution in [2.45, 2.75) is 13.0 Å². The number of imidazole rings is 1. The molecule has 0 saturated carbocycles. The van der Waals surface area contributed by atoms with Gasteiger partial charge >= 0.3 is 29.6 Å². The Balaban J connectivity index is 0.000000810. The number of rotatable bonds is 2. The van der Waals surface area contributed by atoms with Gasteiger partial charge in [-0.25, -0.2) is 9.13 Å². The molecule has 2 nitrogen and oxygen atoms in total. The van der Waals surface area contributed by atoms with E-state index in [1.807, 2.05) is 30.3 Å². The number of hydrogen-bond acceptors (Lipinski definition) is 0. The molecule has 0 saturated heterocycles. The van der Waals surface area contributed by atoms with E-state index in [1.54, 1.807) is 0 Å². The summed E-state index contributed by atoms with van der Waals surface area (Å²) in [5.74, 6) is 0. The molecule has 10 heavy (non-hydrogen) atoms. The van der Waals surface area contributed by atoms with E-state index in [4.69, 9.17) is 0 Å². The molecule has 3 heteroatoms. The van der Waals surface area contributed by atoms with Crippen LogP contribution in [0.25, 0.3) is 0 Å². The van der Waals surface area contributed by atoms with Crippen molar-refractivity contribution >= 4 is 0 Å². The van der Waals surface area contributed by atoms with Crippen LogP contribution in [0.3, 0.4) is 0 Å². The quantitative estimate of drug-likeness (QED) is 0.249. The van der Waals surface area contributed by atoms with Gasteiger partial charge in [0.25, 0.3) is 0 Å². The Bertz CT molecular complexity index is 183. The van der Waals surface area contributed by atoms with Crippen LogP contribution in [-0.4, -0.2) is 4.57 Å². The zero-order chi connectivity index (χ0) is 6.69. The minimum atomic E-state index is 0. The monoisotopic (exact) mass is 147 g/mol. The van der Waals surface area contributed by atoms with Crippen LogP contribution in [0.1, 0.15) is 6.42 Å². The van der Waals surface area contributed by atoms with E-state index in [1.165, 1.54) is 0 Å². The minimum absolute atomic E-state index is 0. The molecule has 0 N–H and O–H groups in total. The summed E-state index contributed by atoms with van der Waals surface area (Å²) in [6.45, 7) is 4.77. The van der Waals surface area contributed by atoms with Crippen molar-refractivity contribution in [3.8, 4) is 0 Å². The molecule has 0 aliphatic heterocycles. The first-order valence-electron chi connectivity index (χ1n) is 3.13. The second-order valence-corrected chi connectivity index (χ2v) is 2.17. The molecule has 1 aromatic heterocycles. The first kappa shape index (κ1) is 10.2. The summed E-state index contributed by atoms with van der Waals surface area (Å²) < 4.78 is 4.14. The number of nitrogens with zero attached hydrogens (tertiary/aromatic N) is 2. The van der Waals surface area contributed by atoms with E-state index in [9.17, 15) is 0 Å². The molecule has 1 rings (SSSR count). The first-order chi connectivity index (χ1) is 4.33. The fourth-order valence-corrected chi connectivity index (χ4v) is 0.817. The summed E-state index contributed by atoms with van der Waals surface area (Å²) in [5, 5.41) is 0. The zero-order valence-corrected chi connectivity index (χ0v) is 8.75. The molecule has 0 radical (unpaired) electrons. The van der Waals surface area contributed by atoms with Gasteiger partial charge in [-0.3, -0.25) is 0 Å². The maximum absolute atomic E-state index is 3.76. The van der Waals surface area contributed by atoms with Crippen molar-refractivity contribution in [2.24, 2.45) is 7.05 Å². The summed E-state index contributed by atoms with van der Waals surface area (Å²) in [7, 11) is 2.01. The van der Waals surface area contributed by atoms with Gasteiger partial charge in [0.05, 0.1) is 13.6 Å². The molecule has 1 heterocycles. The SMILES string of the molecule is [CH2-]CCn1cc[n+](C)c1.[Na+]. The Hall–Kier alpha value is 0.210. The van der Waals surface area contributed by atoms with Crippen LogP contribution < -0.4 is 34.1 Å². The second kappa shape index (κ2) is 4.94. The average Bonchev–Trinajstić information content (AvgIpc) is 2.17. The molecule has 0 fully saturated rings. The van der Waals surface area contributed by atoms with Crippen molar-refractivity contribution in [2.75, 3.05) is 0 Å². The van der Waals surface area contributed by atoms with Gasteiger partial charge in [-0.2, -0.15) is 0 Å². The molecule has 0 unspecified atom stereocenters. The van der Waals surface area contributed by atoms with Gasteiger partial charge in [0, 0.05) is 0 Å². The van der Waals surface area contributed by atoms with E-state index >= 15 is 0 Å². The third-order valence-electron chi connectivity index (χ3n) is 1.24. The average molecular weight is 147 g/mol. The summed E-state index contributed by atoms with van der Waals surface area (Å²) in [4.78, 5) is 0. The van der Waals surface area contributed by atoms with Crippen LogP contribution in [0.15, 0.2) is 18.7 Å². The van der Waals surface area contributed by atoms with Gasteiger partial charge in [0.1, 0.15) is 12.4 Å². The molecule has 0 bridgehead atoms. The van der Waals surface area contributed by atoms with E-state index < -0.39 is 0 Å². The smallest absolute Gasteiger partial charge is 0.340 e. The number of aromatic nitrogens is 2. The van der Waals surface area contributed by atoms with Crippen molar-refractivity contribution in [3.05, 3.63) is 25.6 Å². The zero-order valence-electron chi connectivity index (χ0n) is 6.75. The molecule has 0 aromatic carbocycles. The topological polar surface area (TPSA) is 8.81 Å². The van der Waals surface area contributed by atoms with Crippen LogP contribution >= 0.6 is 0 Å². The predicted molar refractivity (Wildman–Crippen MR) is 35.6 cm³/mol. The van der Waals surface area contributed by atoms with Gasteiger partial charge < -0.3 is 6.92 Å². The predicted octanol–water partition coefficient (Wildman–Crippen LogP) is -2.46. The molecular formula is C7H12N2Na+. The summed E-state index contributed by atoms with van der Waals surface area (Å²) >= 11 is 0. The van der Waals surface area contributed by atoms with E-state index in [-0.39, 0.29) is 29.6 Å². The standard InChI is InChI=1S/C7H12N2.Na/c1-3-4-9-6-5-8(2)7-9;/h5-7H,1,3-4H2,2H3;/q;+1. The third-order valence-corrected chi connectivity index (χ3v) is 1.24. The Morgan fingerprint density at radius 2 is 2.30 bits per heavy atom. The summed E-state index contributed by atoms with van der Waals surface area (Å²) in [6.07, 6.45) is 7.07. The van der Waals surface area contributed by atoms with Gasteiger partial charge in [0.15, 0.2) is 0 Å². The van der Waals surface area contributed by atoms with Crippen molar-refractivity contribution in [3.63, 3.8) is 0 Å². The molecule has 0 spiro atoms. The van der Waals surface area contributed by atoms with Crippen LogP contribution in [0.5, 0.6) is 0 Å². The van der Waals surface area contributed by atoms with E-state index in [2.05, 4.69) is 11.5 Å². The van der Waals surface area contributed by atoms with E-state index in [0.29, 0.717) is 0 Å². The van der Waals surface area contributed by atoms with Crippen molar-refractivity contribution in [1.29, 1.82) is 0 Å². The molecule has 50 valence electrons. The van der Waals surface area contributed by atoms with Crippen LogP contribution in [0, 0.1) is 6.92 Å². The van der Waals surface area contributed by atoms with E-state index in [0.717, 1.165) is 13.0 Å². The van der Waals surface area contributed by atoms with Gasteiger partial charge in [0.2, 0.25) is 6.33 Å². The normalized spacial score (nSPS) is 9.00. The largest absolute Gasteiger partial charge is 1.00 e. The van der Waals surface area contributed by atoms with Crippen molar-refractivity contribution < 1.29 is 34.1 Å². The summed E-state index contributed by atoms with van der Waals surface area (Å²) in [6, 6.07) is 0. The summed E-state index contributed by atoms with van der Waals surface area (Å²) in [5.41, 5.74) is 0. The van der Waals surface area contributed by atoms with Crippen LogP contribution in [0.4, 0.5) is 0 Å². The molecule has 0 amide bonds. The Morgan fingerprint density at radius 1 is 1.60 bits per heavy atom. The second-order valence-electron chi connectivity index (χ2n) is 2.17. The van der Waals surface area contributed by atoms with Gasteiger partial charge in [-0.05, 0) is 0 Å². The Labute approximate surface area is 84.2 Å². The fraction of sp³-hybridized carbons (Fsp3) is 0.429. The molecule has 0 aliphatic rings. The molecule has 0 atom stereocenters. The van der Waals surface area contributed by atoms with Gasteiger partial charge in [-0.1, -0.05) is 0 Å².